The number of allylic oxidation sites excluding steroid dienone is 4. The molecule has 0 aromatic rings. The number of hydrogen-bond donors (Lipinski definition) is 0. The number of piperidine rings is 1. The van der Waals surface area contributed by atoms with E-state index in [4.69, 9.17) is 4.74 Å². The molecule has 0 N–H and O–H groups in total. The van der Waals surface area contributed by atoms with Crippen molar-refractivity contribution in [3.8, 4) is 0 Å². The minimum absolute atomic E-state index is 0.598. The first kappa shape index (κ1) is 27.7. The Balaban J connectivity index is 1.77. The Morgan fingerprint density at radius 2 is 1.29 bits per heavy atom. The SMILES string of the molecule is CC(C)/C=C\C1CCCC(/C(=C/C(C)C)C2COCC(/C(=C/C(C)C)C3CCN(C)CC3)C2)C1. The molecule has 4 atom stereocenters. The fourth-order valence-electron chi connectivity index (χ4n) is 6.70. The van der Waals surface area contributed by atoms with Crippen molar-refractivity contribution >= 4 is 0 Å². The zero-order valence-corrected chi connectivity index (χ0v) is 23.6. The maximum Gasteiger partial charge on any atom is 0.0532 e. The number of ether oxygens (including phenoxy) is 1. The third-order valence-corrected chi connectivity index (χ3v) is 8.35. The second kappa shape index (κ2) is 13.4. The van der Waals surface area contributed by atoms with Gasteiger partial charge in [0, 0.05) is 11.8 Å². The third-order valence-electron chi connectivity index (χ3n) is 8.35. The molecule has 1 saturated carbocycles. The first-order valence-electron chi connectivity index (χ1n) is 14.6. The molecule has 34 heavy (non-hydrogen) atoms. The lowest BCUT2D eigenvalue weighted by atomic mass is 9.69. The highest BCUT2D eigenvalue weighted by Crippen LogP contribution is 2.43. The normalized spacial score (nSPS) is 31.4. The molecule has 4 unspecified atom stereocenters. The van der Waals surface area contributed by atoms with E-state index in [0.29, 0.717) is 29.6 Å². The number of rotatable bonds is 8. The summed E-state index contributed by atoms with van der Waals surface area (Å²) in [5.41, 5.74) is 3.48. The molecule has 1 aliphatic carbocycles. The number of hydrogen-bond acceptors (Lipinski definition) is 2. The molecule has 3 aliphatic rings. The van der Waals surface area contributed by atoms with Crippen molar-refractivity contribution in [2.45, 2.75) is 86.5 Å². The van der Waals surface area contributed by atoms with Gasteiger partial charge in [-0.1, -0.05) is 83.4 Å². The highest BCUT2D eigenvalue weighted by atomic mass is 16.5. The van der Waals surface area contributed by atoms with Crippen molar-refractivity contribution in [2.75, 3.05) is 33.4 Å². The van der Waals surface area contributed by atoms with Gasteiger partial charge in [0.1, 0.15) is 0 Å². The van der Waals surface area contributed by atoms with Crippen molar-refractivity contribution in [3.05, 3.63) is 35.5 Å². The Kier molecular flexibility index (Phi) is 11.0. The van der Waals surface area contributed by atoms with Crippen LogP contribution in [0.2, 0.25) is 0 Å². The highest BCUT2D eigenvalue weighted by molar-refractivity contribution is 5.20. The summed E-state index contributed by atoms with van der Waals surface area (Å²) < 4.78 is 6.42. The summed E-state index contributed by atoms with van der Waals surface area (Å²) in [7, 11) is 2.28. The standard InChI is InChI=1S/C32H55NO/c1-23(2)11-12-26-9-8-10-28(19-26)32(18-25(5)6)30-20-29(21-34-22-30)31(17-24(3)4)27-13-15-33(7)16-14-27/h11-12,17-18,23-30H,8-10,13-16,19-22H2,1-7H3/b12-11-,31-17+,32-18-. The van der Waals surface area contributed by atoms with Gasteiger partial charge in [-0.05, 0) is 94.2 Å². The molecule has 194 valence electrons. The third kappa shape index (κ3) is 8.37. The van der Waals surface area contributed by atoms with Crippen LogP contribution in [-0.4, -0.2) is 38.3 Å². The fraction of sp³-hybridized carbons (Fsp3) is 0.812. The van der Waals surface area contributed by atoms with Gasteiger partial charge in [0.05, 0.1) is 13.2 Å². The summed E-state index contributed by atoms with van der Waals surface area (Å²) >= 11 is 0. The Morgan fingerprint density at radius 3 is 1.85 bits per heavy atom. The molecule has 0 aromatic heterocycles. The molecule has 0 aromatic carbocycles. The molecule has 2 heterocycles. The van der Waals surface area contributed by atoms with Gasteiger partial charge >= 0.3 is 0 Å². The van der Waals surface area contributed by atoms with Crippen LogP contribution in [0.3, 0.4) is 0 Å². The molecule has 2 aliphatic heterocycles. The largest absolute Gasteiger partial charge is 0.380 e. The zero-order chi connectivity index (χ0) is 24.7. The molecule has 2 nitrogen and oxygen atoms in total. The molecular weight excluding hydrogens is 414 g/mol. The molecule has 0 radical (unpaired) electrons. The molecule has 3 rings (SSSR count). The predicted octanol–water partition coefficient (Wildman–Crippen LogP) is 8.16. The topological polar surface area (TPSA) is 12.5 Å². The fourth-order valence-corrected chi connectivity index (χ4v) is 6.70. The lowest BCUT2D eigenvalue weighted by Crippen LogP contribution is -2.36. The van der Waals surface area contributed by atoms with Crippen LogP contribution in [0.5, 0.6) is 0 Å². The van der Waals surface area contributed by atoms with E-state index in [1.165, 1.54) is 58.0 Å². The van der Waals surface area contributed by atoms with E-state index < -0.39 is 0 Å². The van der Waals surface area contributed by atoms with Gasteiger partial charge in [-0.3, -0.25) is 0 Å². The van der Waals surface area contributed by atoms with E-state index >= 15 is 0 Å². The molecule has 0 amide bonds. The zero-order valence-electron chi connectivity index (χ0n) is 23.6. The van der Waals surface area contributed by atoms with Gasteiger partial charge in [0.15, 0.2) is 0 Å². The van der Waals surface area contributed by atoms with Crippen LogP contribution in [0, 0.1) is 47.3 Å². The first-order valence-corrected chi connectivity index (χ1v) is 14.6. The van der Waals surface area contributed by atoms with E-state index in [9.17, 15) is 0 Å². The summed E-state index contributed by atoms with van der Waals surface area (Å²) in [6, 6.07) is 0. The van der Waals surface area contributed by atoms with Gasteiger partial charge in [-0.15, -0.1) is 0 Å². The molecule has 0 bridgehead atoms. The van der Waals surface area contributed by atoms with Crippen LogP contribution in [0.4, 0.5) is 0 Å². The van der Waals surface area contributed by atoms with Gasteiger partial charge in [-0.25, -0.2) is 0 Å². The average Bonchev–Trinajstić information content (AvgIpc) is 2.80. The smallest absolute Gasteiger partial charge is 0.0532 e. The minimum atomic E-state index is 0.598. The summed E-state index contributed by atoms with van der Waals surface area (Å²) in [4.78, 5) is 2.50. The van der Waals surface area contributed by atoms with Crippen molar-refractivity contribution < 1.29 is 4.74 Å². The van der Waals surface area contributed by atoms with E-state index in [1.807, 2.05) is 0 Å². The number of nitrogens with zero attached hydrogens (tertiary/aromatic N) is 1. The van der Waals surface area contributed by atoms with Crippen molar-refractivity contribution in [2.24, 2.45) is 47.3 Å². The van der Waals surface area contributed by atoms with E-state index in [1.54, 1.807) is 11.1 Å². The van der Waals surface area contributed by atoms with E-state index in [-0.39, 0.29) is 0 Å². The van der Waals surface area contributed by atoms with Crippen molar-refractivity contribution in [1.82, 2.24) is 4.90 Å². The molecular formula is C32H55NO. The predicted molar refractivity (Wildman–Crippen MR) is 148 cm³/mol. The summed E-state index contributed by atoms with van der Waals surface area (Å²) in [6.45, 7) is 18.4. The molecule has 2 heteroatoms. The second-order valence-electron chi connectivity index (χ2n) is 12.8. The van der Waals surface area contributed by atoms with Crippen molar-refractivity contribution in [3.63, 3.8) is 0 Å². The lowest BCUT2D eigenvalue weighted by molar-refractivity contribution is 0.0289. The van der Waals surface area contributed by atoms with Crippen LogP contribution in [0.25, 0.3) is 0 Å². The highest BCUT2D eigenvalue weighted by Gasteiger charge is 2.35. The van der Waals surface area contributed by atoms with Crippen LogP contribution < -0.4 is 0 Å². The Morgan fingerprint density at radius 1 is 0.706 bits per heavy atom. The summed E-state index contributed by atoms with van der Waals surface area (Å²) in [5, 5.41) is 0. The quantitative estimate of drug-likeness (QED) is 0.332. The number of likely N-dealkylation sites (tertiary alicyclic amines) is 1. The van der Waals surface area contributed by atoms with Gasteiger partial charge in [0.2, 0.25) is 0 Å². The molecule has 2 saturated heterocycles. The van der Waals surface area contributed by atoms with E-state index in [0.717, 1.165) is 31.0 Å². The maximum atomic E-state index is 6.42. The van der Waals surface area contributed by atoms with Crippen LogP contribution >= 0.6 is 0 Å². The molecule has 0 spiro atoms. The Hall–Kier alpha value is -0.860. The Bertz CT molecular complexity index is 692. The van der Waals surface area contributed by atoms with Crippen LogP contribution in [0.15, 0.2) is 35.5 Å². The monoisotopic (exact) mass is 469 g/mol. The first-order chi connectivity index (χ1) is 16.2. The van der Waals surface area contributed by atoms with Gasteiger partial charge < -0.3 is 9.64 Å². The van der Waals surface area contributed by atoms with Gasteiger partial charge in [0.25, 0.3) is 0 Å². The van der Waals surface area contributed by atoms with Crippen LogP contribution in [0.1, 0.15) is 86.5 Å². The van der Waals surface area contributed by atoms with Crippen molar-refractivity contribution in [1.29, 1.82) is 0 Å². The summed E-state index contributed by atoms with van der Waals surface area (Å²) in [5.74, 6) is 5.34. The second-order valence-corrected chi connectivity index (χ2v) is 12.8. The van der Waals surface area contributed by atoms with Gasteiger partial charge in [-0.2, -0.15) is 0 Å². The average molecular weight is 470 g/mol. The van der Waals surface area contributed by atoms with E-state index in [2.05, 4.69) is 77.8 Å². The summed E-state index contributed by atoms with van der Waals surface area (Å²) in [6.07, 6.45) is 19.6. The maximum absolute atomic E-state index is 6.42. The minimum Gasteiger partial charge on any atom is -0.380 e. The lowest BCUT2D eigenvalue weighted by Gasteiger charge is -2.40. The molecule has 3 fully saturated rings. The Labute approximate surface area is 212 Å². The van der Waals surface area contributed by atoms with Crippen LogP contribution in [-0.2, 0) is 4.74 Å².